The van der Waals surface area contributed by atoms with Gasteiger partial charge in [0, 0.05) is 0 Å². The molecule has 4 unspecified atom stereocenters. The quantitative estimate of drug-likeness (QED) is 0.261. The molecule has 0 amide bonds. The van der Waals surface area contributed by atoms with Crippen LogP contribution in [0.3, 0.4) is 0 Å². The molecule has 2 aliphatic rings. The second-order valence-corrected chi connectivity index (χ2v) is 7.96. The van der Waals surface area contributed by atoms with Gasteiger partial charge in [-0.15, -0.1) is 0 Å². The molecule has 10 atom stereocenters. The van der Waals surface area contributed by atoms with Crippen LogP contribution in [0.15, 0.2) is 0 Å². The van der Waals surface area contributed by atoms with Gasteiger partial charge in [-0.25, -0.2) is 0 Å². The van der Waals surface area contributed by atoms with Crippen LogP contribution >= 0.6 is 0 Å². The normalized spacial score (nSPS) is 47.8. The third-order valence-electron chi connectivity index (χ3n) is 4.84. The molecule has 2 aliphatic heterocycles. The molecule has 26 heavy (non-hydrogen) atoms. The van der Waals surface area contributed by atoms with Gasteiger partial charge < -0.3 is 50.0 Å². The summed E-state index contributed by atoms with van der Waals surface area (Å²) in [4.78, 5) is 0. The van der Waals surface area contributed by atoms with Crippen molar-refractivity contribution in [1.82, 2.24) is 0 Å². The van der Waals surface area contributed by atoms with E-state index in [2.05, 4.69) is 0 Å². The second-order valence-electron chi connectivity index (χ2n) is 7.96. The van der Waals surface area contributed by atoms with Crippen molar-refractivity contribution < 1.29 is 50.0 Å². The lowest BCUT2D eigenvalue weighted by molar-refractivity contribution is -0.317. The van der Waals surface area contributed by atoms with E-state index in [0.29, 0.717) is 0 Å². The van der Waals surface area contributed by atoms with Gasteiger partial charge in [-0.3, -0.25) is 0 Å². The zero-order valence-corrected chi connectivity index (χ0v) is 15.0. The van der Waals surface area contributed by atoms with Crippen LogP contribution in [0.1, 0.15) is 20.8 Å². The van der Waals surface area contributed by atoms with Gasteiger partial charge in [0.05, 0.1) is 19.3 Å². The van der Waals surface area contributed by atoms with Crippen molar-refractivity contribution >= 4 is 0 Å². The van der Waals surface area contributed by atoms with Crippen molar-refractivity contribution in [2.45, 2.75) is 82.0 Å². The van der Waals surface area contributed by atoms with Crippen molar-refractivity contribution in [3.8, 4) is 0 Å². The average molecular weight is 382 g/mol. The summed E-state index contributed by atoms with van der Waals surface area (Å²) in [6.07, 6.45) is -13.1. The fraction of sp³-hybridized carbons (Fsp3) is 1.00. The SMILES string of the molecule is CC(C)(C)[C@H]1OC(CO[C@H]2OC(CO)[C@@H](O)[C@H](O)C2O)[C@@H](O)[C@H](O)C1O. The van der Waals surface area contributed by atoms with Crippen molar-refractivity contribution in [2.75, 3.05) is 13.2 Å². The molecule has 154 valence electrons. The molecule has 0 saturated carbocycles. The summed E-state index contributed by atoms with van der Waals surface area (Å²) >= 11 is 0. The molecule has 0 aliphatic carbocycles. The highest BCUT2D eigenvalue weighted by molar-refractivity contribution is 4.97. The van der Waals surface area contributed by atoms with Crippen molar-refractivity contribution in [2.24, 2.45) is 5.41 Å². The highest BCUT2D eigenvalue weighted by Crippen LogP contribution is 2.33. The Morgan fingerprint density at radius 2 is 1.27 bits per heavy atom. The molecule has 0 aromatic carbocycles. The summed E-state index contributed by atoms with van der Waals surface area (Å²) in [6, 6.07) is 0. The first kappa shape index (κ1) is 21.9. The van der Waals surface area contributed by atoms with Gasteiger partial charge in [-0.05, 0) is 5.41 Å². The zero-order chi connectivity index (χ0) is 19.8. The van der Waals surface area contributed by atoms with E-state index in [0.717, 1.165) is 0 Å². The Kier molecular flexibility index (Phi) is 7.00. The minimum absolute atomic E-state index is 0.319. The molecule has 7 N–H and O–H groups in total. The first-order valence-electron chi connectivity index (χ1n) is 8.60. The maximum absolute atomic E-state index is 10.1. The van der Waals surface area contributed by atoms with E-state index in [-0.39, 0.29) is 6.61 Å². The largest absolute Gasteiger partial charge is 0.394 e. The number of aliphatic hydroxyl groups excluding tert-OH is 7. The van der Waals surface area contributed by atoms with Crippen LogP contribution in [-0.4, -0.2) is 110 Å². The highest BCUT2D eigenvalue weighted by Gasteiger charge is 2.49. The minimum Gasteiger partial charge on any atom is -0.394 e. The first-order valence-corrected chi connectivity index (χ1v) is 8.60. The molecule has 0 spiro atoms. The summed E-state index contributed by atoms with van der Waals surface area (Å²) in [7, 11) is 0. The van der Waals surface area contributed by atoms with Gasteiger partial charge >= 0.3 is 0 Å². The molecule has 10 nitrogen and oxygen atoms in total. The molecule has 0 aromatic rings. The predicted molar refractivity (Wildman–Crippen MR) is 85.9 cm³/mol. The Morgan fingerprint density at radius 1 is 0.731 bits per heavy atom. The fourth-order valence-corrected chi connectivity index (χ4v) is 3.20. The maximum atomic E-state index is 10.1. The summed E-state index contributed by atoms with van der Waals surface area (Å²) in [5.74, 6) is 0. The lowest BCUT2D eigenvalue weighted by atomic mass is 9.80. The van der Waals surface area contributed by atoms with E-state index >= 15 is 0 Å². The molecule has 10 heteroatoms. The Bertz CT molecular complexity index is 453. The van der Waals surface area contributed by atoms with Crippen LogP contribution in [0.2, 0.25) is 0 Å². The summed E-state index contributed by atoms with van der Waals surface area (Å²) in [5.41, 5.74) is -0.526. The average Bonchev–Trinajstić information content (AvgIpc) is 2.57. The smallest absolute Gasteiger partial charge is 0.186 e. The lowest BCUT2D eigenvalue weighted by Crippen LogP contribution is -2.63. The van der Waals surface area contributed by atoms with Gasteiger partial charge in [0.2, 0.25) is 0 Å². The molecule has 2 heterocycles. The molecular formula is C16H30O10. The van der Waals surface area contributed by atoms with E-state index in [1.807, 2.05) is 0 Å². The lowest BCUT2D eigenvalue weighted by Gasteiger charge is -2.46. The minimum atomic E-state index is -1.59. The van der Waals surface area contributed by atoms with Crippen molar-refractivity contribution in [1.29, 1.82) is 0 Å². The van der Waals surface area contributed by atoms with Gasteiger partial charge in [0.15, 0.2) is 6.29 Å². The number of rotatable bonds is 4. The number of hydrogen-bond acceptors (Lipinski definition) is 10. The molecule has 2 rings (SSSR count). The highest BCUT2D eigenvalue weighted by atomic mass is 16.7. The third kappa shape index (κ3) is 4.36. The summed E-state index contributed by atoms with van der Waals surface area (Å²) < 4.78 is 16.3. The Labute approximate surface area is 151 Å². The number of hydrogen-bond donors (Lipinski definition) is 7. The molecule has 0 radical (unpaired) electrons. The van der Waals surface area contributed by atoms with E-state index in [1.54, 1.807) is 20.8 Å². The van der Waals surface area contributed by atoms with E-state index in [1.165, 1.54) is 0 Å². The number of aliphatic hydroxyl groups is 7. The first-order chi connectivity index (χ1) is 12.0. The molecule has 2 fully saturated rings. The number of ether oxygens (including phenoxy) is 3. The topological polar surface area (TPSA) is 169 Å². The van der Waals surface area contributed by atoms with Crippen LogP contribution in [0, 0.1) is 5.41 Å². The van der Waals surface area contributed by atoms with Gasteiger partial charge in [-0.2, -0.15) is 0 Å². The Morgan fingerprint density at radius 3 is 1.81 bits per heavy atom. The Hall–Kier alpha value is -0.400. The van der Waals surface area contributed by atoms with E-state index in [9.17, 15) is 35.7 Å². The van der Waals surface area contributed by atoms with Crippen LogP contribution in [0.25, 0.3) is 0 Å². The van der Waals surface area contributed by atoms with Crippen LogP contribution in [-0.2, 0) is 14.2 Å². The van der Waals surface area contributed by atoms with Crippen molar-refractivity contribution in [3.63, 3.8) is 0 Å². The molecular weight excluding hydrogens is 352 g/mol. The second kappa shape index (κ2) is 8.31. The molecule has 0 aromatic heterocycles. The van der Waals surface area contributed by atoms with Crippen LogP contribution in [0.4, 0.5) is 0 Å². The summed E-state index contributed by atoms with van der Waals surface area (Å²) in [6.45, 7) is 4.51. The fourth-order valence-electron chi connectivity index (χ4n) is 3.20. The maximum Gasteiger partial charge on any atom is 0.186 e. The zero-order valence-electron chi connectivity index (χ0n) is 15.0. The molecule has 2 saturated heterocycles. The van der Waals surface area contributed by atoms with Crippen molar-refractivity contribution in [3.05, 3.63) is 0 Å². The molecule has 0 bridgehead atoms. The monoisotopic (exact) mass is 382 g/mol. The van der Waals surface area contributed by atoms with Gasteiger partial charge in [0.25, 0.3) is 0 Å². The third-order valence-corrected chi connectivity index (χ3v) is 4.84. The summed E-state index contributed by atoms with van der Waals surface area (Å²) in [5, 5.41) is 69.0. The predicted octanol–water partition coefficient (Wildman–Crippen LogP) is -3.30. The van der Waals surface area contributed by atoms with Gasteiger partial charge in [0.1, 0.15) is 48.8 Å². The van der Waals surface area contributed by atoms with Gasteiger partial charge in [-0.1, -0.05) is 20.8 Å². The standard InChI is InChI=1S/C16H30O10/c1-16(2,3)14-12(22)10(20)9(19)7(25-14)5-24-15-13(23)11(21)8(18)6(4-17)26-15/h6-15,17-23H,4-5H2,1-3H3/t6?,7?,8-,9-,10+,11+,12?,13?,14+,15+/m1/s1. The van der Waals surface area contributed by atoms with Crippen LogP contribution in [0.5, 0.6) is 0 Å². The van der Waals surface area contributed by atoms with E-state index in [4.69, 9.17) is 14.2 Å². The van der Waals surface area contributed by atoms with Crippen LogP contribution < -0.4 is 0 Å². The Balaban J connectivity index is 2.03. The van der Waals surface area contributed by atoms with E-state index < -0.39 is 73.2 Å².